The first-order valence-electron chi connectivity index (χ1n) is 11.1. The molecule has 0 fully saturated rings. The lowest BCUT2D eigenvalue weighted by molar-refractivity contribution is 0.0729. The molecule has 1 atom stereocenters. The molecule has 0 saturated carbocycles. The van der Waals surface area contributed by atoms with E-state index in [0.717, 1.165) is 22.3 Å². The molecule has 0 radical (unpaired) electrons. The Morgan fingerprint density at radius 2 is 1.71 bits per heavy atom. The molecular weight excluding hydrogens is 466 g/mol. The number of phenols is 1. The zero-order chi connectivity index (χ0) is 24.7. The Morgan fingerprint density at radius 3 is 2.34 bits per heavy atom. The number of H-pyrrole nitrogens is 1. The molecule has 0 bridgehead atoms. The zero-order valence-electron chi connectivity index (χ0n) is 19.5. The minimum atomic E-state index is -0.521. The van der Waals surface area contributed by atoms with Crippen molar-refractivity contribution in [1.29, 1.82) is 0 Å². The number of nitrogens with one attached hydrogen (secondary N) is 1. The van der Waals surface area contributed by atoms with E-state index in [1.807, 2.05) is 49.4 Å². The van der Waals surface area contributed by atoms with Crippen LogP contribution in [0.2, 0.25) is 5.02 Å². The Morgan fingerprint density at radius 1 is 1.06 bits per heavy atom. The lowest BCUT2D eigenvalue weighted by Crippen LogP contribution is -2.29. The second-order valence-corrected chi connectivity index (χ2v) is 8.84. The summed E-state index contributed by atoms with van der Waals surface area (Å²) in [6.45, 7) is 2.30. The number of carbonyl (C=O) groups is 1. The molecule has 1 amide bonds. The monoisotopic (exact) mass is 489 g/mol. The largest absolute Gasteiger partial charge is 0.502 e. The number of halogens is 1. The minimum absolute atomic E-state index is 0.105. The molecule has 7 nitrogen and oxygen atoms in total. The van der Waals surface area contributed by atoms with E-state index < -0.39 is 6.04 Å². The molecule has 2 N–H and O–H groups in total. The number of nitrogens with zero attached hydrogens (tertiary/aromatic N) is 2. The lowest BCUT2D eigenvalue weighted by Gasteiger charge is -2.27. The molecule has 1 aliphatic rings. The van der Waals surface area contributed by atoms with Crippen molar-refractivity contribution < 1.29 is 19.4 Å². The van der Waals surface area contributed by atoms with Crippen LogP contribution in [0.4, 0.5) is 0 Å². The molecule has 5 rings (SSSR count). The number of hydrogen-bond acceptors (Lipinski definition) is 5. The van der Waals surface area contributed by atoms with Crippen LogP contribution in [0.15, 0.2) is 60.7 Å². The van der Waals surface area contributed by atoms with Gasteiger partial charge in [-0.05, 0) is 36.2 Å². The molecule has 178 valence electrons. The SMILES string of the molecule is COc1cc(C2c3c(-c4ccc(C)cc4)n[nH]c3C(=O)N2Cc2ccccc2Cl)cc(OC)c1O. The van der Waals surface area contributed by atoms with Crippen LogP contribution in [0.1, 0.15) is 38.8 Å². The number of amides is 1. The van der Waals surface area contributed by atoms with Gasteiger partial charge in [0.2, 0.25) is 5.75 Å². The Balaban J connectivity index is 1.71. The fraction of sp³-hybridized carbons (Fsp3) is 0.185. The number of benzene rings is 3. The van der Waals surface area contributed by atoms with E-state index in [2.05, 4.69) is 10.2 Å². The Labute approximate surface area is 207 Å². The van der Waals surface area contributed by atoms with Crippen molar-refractivity contribution in [1.82, 2.24) is 15.1 Å². The molecule has 4 aromatic rings. The number of aromatic amines is 1. The van der Waals surface area contributed by atoms with E-state index >= 15 is 0 Å². The Bertz CT molecular complexity index is 1390. The van der Waals surface area contributed by atoms with Crippen molar-refractivity contribution in [2.45, 2.75) is 19.5 Å². The van der Waals surface area contributed by atoms with Gasteiger partial charge in [-0.15, -0.1) is 0 Å². The number of methoxy groups -OCH3 is 2. The van der Waals surface area contributed by atoms with Gasteiger partial charge in [0.05, 0.1) is 26.0 Å². The molecule has 1 aliphatic heterocycles. The highest BCUT2D eigenvalue weighted by atomic mass is 35.5. The standard InChI is InChI=1S/C27H24ClN3O4/c1-15-8-10-16(11-9-15)23-22-24(30-29-23)27(33)31(14-17-6-4-5-7-19(17)28)25(22)18-12-20(34-2)26(32)21(13-18)35-3/h4-13,25,32H,14H2,1-3H3,(H,29,30). The van der Waals surface area contributed by atoms with Crippen molar-refractivity contribution in [3.8, 4) is 28.5 Å². The summed E-state index contributed by atoms with van der Waals surface area (Å²) in [5, 5.41) is 18.5. The summed E-state index contributed by atoms with van der Waals surface area (Å²) in [4.78, 5) is 15.4. The van der Waals surface area contributed by atoms with Crippen molar-refractivity contribution >= 4 is 17.5 Å². The van der Waals surface area contributed by atoms with E-state index in [4.69, 9.17) is 21.1 Å². The summed E-state index contributed by atoms with van der Waals surface area (Å²) in [5.41, 5.74) is 5.41. The van der Waals surface area contributed by atoms with Gasteiger partial charge in [-0.25, -0.2) is 0 Å². The molecule has 0 spiro atoms. The highest BCUT2D eigenvalue weighted by molar-refractivity contribution is 6.31. The molecule has 0 aliphatic carbocycles. The topological polar surface area (TPSA) is 87.7 Å². The number of phenolic OH excluding ortho intramolecular Hbond substituents is 1. The average molecular weight is 490 g/mol. The highest BCUT2D eigenvalue weighted by Gasteiger charge is 2.43. The second kappa shape index (κ2) is 9.00. The van der Waals surface area contributed by atoms with Crippen LogP contribution in [-0.2, 0) is 6.54 Å². The van der Waals surface area contributed by atoms with Gasteiger partial charge < -0.3 is 19.5 Å². The number of aromatic hydroxyl groups is 1. The first-order valence-corrected chi connectivity index (χ1v) is 11.4. The summed E-state index contributed by atoms with van der Waals surface area (Å²) >= 11 is 6.46. The smallest absolute Gasteiger partial charge is 0.273 e. The van der Waals surface area contributed by atoms with Crippen LogP contribution >= 0.6 is 11.6 Å². The lowest BCUT2D eigenvalue weighted by atomic mass is 9.95. The van der Waals surface area contributed by atoms with Crippen LogP contribution < -0.4 is 9.47 Å². The van der Waals surface area contributed by atoms with E-state index in [1.54, 1.807) is 23.1 Å². The number of ether oxygens (including phenoxy) is 2. The fourth-order valence-electron chi connectivity index (χ4n) is 4.52. The summed E-state index contributed by atoms with van der Waals surface area (Å²) in [6.07, 6.45) is 0. The third kappa shape index (κ3) is 3.88. The molecule has 2 heterocycles. The van der Waals surface area contributed by atoms with Gasteiger partial charge >= 0.3 is 0 Å². The van der Waals surface area contributed by atoms with Gasteiger partial charge in [0, 0.05) is 22.7 Å². The van der Waals surface area contributed by atoms with E-state index in [1.165, 1.54) is 14.2 Å². The second-order valence-electron chi connectivity index (χ2n) is 8.43. The third-order valence-electron chi connectivity index (χ3n) is 6.31. The molecule has 1 aromatic heterocycles. The first kappa shape index (κ1) is 22.8. The van der Waals surface area contributed by atoms with Crippen LogP contribution in [0.3, 0.4) is 0 Å². The van der Waals surface area contributed by atoms with Gasteiger partial charge in [0.25, 0.3) is 5.91 Å². The maximum atomic E-state index is 13.7. The summed E-state index contributed by atoms with van der Waals surface area (Å²) in [6, 6.07) is 18.4. The number of aryl methyl sites for hydroxylation is 1. The molecular formula is C27H24ClN3O4. The first-order chi connectivity index (χ1) is 16.9. The van der Waals surface area contributed by atoms with E-state index in [-0.39, 0.29) is 29.7 Å². The number of fused-ring (bicyclic) bond motifs is 1. The van der Waals surface area contributed by atoms with Gasteiger partial charge in [0.15, 0.2) is 11.5 Å². The third-order valence-corrected chi connectivity index (χ3v) is 6.67. The maximum absolute atomic E-state index is 13.7. The van der Waals surface area contributed by atoms with Crippen LogP contribution in [-0.4, -0.2) is 40.3 Å². The summed E-state index contributed by atoms with van der Waals surface area (Å²) in [5.74, 6) is 0.199. The number of aromatic nitrogens is 2. The van der Waals surface area contributed by atoms with Crippen molar-refractivity contribution in [2.24, 2.45) is 0 Å². The minimum Gasteiger partial charge on any atom is -0.502 e. The summed E-state index contributed by atoms with van der Waals surface area (Å²) < 4.78 is 10.8. The molecule has 0 saturated heterocycles. The quantitative estimate of drug-likeness (QED) is 0.373. The van der Waals surface area contributed by atoms with Crippen molar-refractivity contribution in [2.75, 3.05) is 14.2 Å². The number of hydrogen-bond donors (Lipinski definition) is 2. The van der Waals surface area contributed by atoms with Gasteiger partial charge in [-0.3, -0.25) is 9.89 Å². The number of rotatable bonds is 6. The predicted octanol–water partition coefficient (Wildman–Crippen LogP) is 5.51. The van der Waals surface area contributed by atoms with Crippen molar-refractivity contribution in [3.63, 3.8) is 0 Å². The highest BCUT2D eigenvalue weighted by Crippen LogP contribution is 2.47. The Hall–Kier alpha value is -3.97. The average Bonchev–Trinajstić information content (AvgIpc) is 3.40. The zero-order valence-corrected chi connectivity index (χ0v) is 20.3. The summed E-state index contributed by atoms with van der Waals surface area (Å²) in [7, 11) is 2.95. The van der Waals surface area contributed by atoms with E-state index in [0.29, 0.717) is 22.0 Å². The molecule has 3 aromatic carbocycles. The van der Waals surface area contributed by atoms with Crippen LogP contribution in [0, 0.1) is 6.92 Å². The normalized spacial score (nSPS) is 14.8. The molecule has 1 unspecified atom stereocenters. The van der Waals surface area contributed by atoms with Gasteiger partial charge in [0.1, 0.15) is 5.69 Å². The van der Waals surface area contributed by atoms with E-state index in [9.17, 15) is 9.90 Å². The molecule has 35 heavy (non-hydrogen) atoms. The fourth-order valence-corrected chi connectivity index (χ4v) is 4.72. The van der Waals surface area contributed by atoms with Crippen LogP contribution in [0.25, 0.3) is 11.3 Å². The van der Waals surface area contributed by atoms with Gasteiger partial charge in [-0.2, -0.15) is 5.10 Å². The van der Waals surface area contributed by atoms with Crippen molar-refractivity contribution in [3.05, 3.63) is 93.6 Å². The Kier molecular flexibility index (Phi) is 5.86. The predicted molar refractivity (Wildman–Crippen MR) is 133 cm³/mol. The van der Waals surface area contributed by atoms with Gasteiger partial charge in [-0.1, -0.05) is 59.6 Å². The number of carbonyl (C=O) groups excluding carboxylic acids is 1. The van der Waals surface area contributed by atoms with Crippen LogP contribution in [0.5, 0.6) is 17.2 Å². The molecule has 8 heteroatoms. The maximum Gasteiger partial charge on any atom is 0.273 e.